The smallest absolute Gasteiger partial charge is 0.253 e. The highest BCUT2D eigenvalue weighted by Gasteiger charge is 2.14. The van der Waals surface area contributed by atoms with Crippen molar-refractivity contribution >= 4 is 29.1 Å². The number of rotatable bonds is 5. The second kappa shape index (κ2) is 6.84. The Labute approximate surface area is 111 Å². The lowest BCUT2D eigenvalue weighted by Gasteiger charge is -2.14. The molecule has 3 nitrogen and oxygen atoms in total. The SMILES string of the molecule is CC(CCCO)NC(=O)c1cccc(Cl)c1Cl. The van der Waals surface area contributed by atoms with Crippen molar-refractivity contribution in [1.82, 2.24) is 5.32 Å². The standard InChI is InChI=1S/C12H15Cl2NO2/c1-8(4-3-7-16)15-12(17)9-5-2-6-10(13)11(9)14/h2,5-6,8,16H,3-4,7H2,1H3,(H,15,17). The maximum Gasteiger partial charge on any atom is 0.253 e. The highest BCUT2D eigenvalue weighted by molar-refractivity contribution is 6.43. The van der Waals surface area contributed by atoms with E-state index >= 15 is 0 Å². The maximum atomic E-state index is 11.9. The Hall–Kier alpha value is -0.770. The summed E-state index contributed by atoms with van der Waals surface area (Å²) in [4.78, 5) is 11.9. The summed E-state index contributed by atoms with van der Waals surface area (Å²) in [5.41, 5.74) is 0.370. The first kappa shape index (κ1) is 14.3. The quantitative estimate of drug-likeness (QED) is 0.868. The second-order valence-electron chi connectivity index (χ2n) is 3.84. The Kier molecular flexibility index (Phi) is 5.75. The number of carbonyl (C=O) groups excluding carboxylic acids is 1. The van der Waals surface area contributed by atoms with E-state index in [0.717, 1.165) is 6.42 Å². The summed E-state index contributed by atoms with van der Waals surface area (Å²) < 4.78 is 0. The monoisotopic (exact) mass is 275 g/mol. The lowest BCUT2D eigenvalue weighted by molar-refractivity contribution is 0.0936. The van der Waals surface area contributed by atoms with Crippen molar-refractivity contribution in [2.75, 3.05) is 6.61 Å². The number of hydrogen-bond acceptors (Lipinski definition) is 2. The molecule has 0 bridgehead atoms. The molecule has 17 heavy (non-hydrogen) atoms. The van der Waals surface area contributed by atoms with Gasteiger partial charge in [-0.2, -0.15) is 0 Å². The summed E-state index contributed by atoms with van der Waals surface area (Å²) in [6.07, 6.45) is 1.38. The van der Waals surface area contributed by atoms with Crippen LogP contribution in [0, 0.1) is 0 Å². The molecule has 0 aliphatic carbocycles. The zero-order chi connectivity index (χ0) is 12.8. The third kappa shape index (κ3) is 4.19. The third-order valence-corrected chi connectivity index (χ3v) is 3.19. The molecule has 0 radical (unpaired) electrons. The van der Waals surface area contributed by atoms with E-state index in [1.54, 1.807) is 18.2 Å². The minimum absolute atomic E-state index is 0.00954. The van der Waals surface area contributed by atoms with Crippen LogP contribution in [0.25, 0.3) is 0 Å². The molecule has 1 rings (SSSR count). The van der Waals surface area contributed by atoms with Gasteiger partial charge in [0.1, 0.15) is 0 Å². The van der Waals surface area contributed by atoms with E-state index < -0.39 is 0 Å². The van der Waals surface area contributed by atoms with Crippen molar-refractivity contribution in [3.05, 3.63) is 33.8 Å². The zero-order valence-corrected chi connectivity index (χ0v) is 11.1. The molecule has 94 valence electrons. The number of benzene rings is 1. The number of hydrogen-bond donors (Lipinski definition) is 2. The molecule has 5 heteroatoms. The number of amides is 1. The van der Waals surface area contributed by atoms with Gasteiger partial charge in [0.15, 0.2) is 0 Å². The number of carbonyl (C=O) groups is 1. The van der Waals surface area contributed by atoms with Crippen molar-refractivity contribution in [2.24, 2.45) is 0 Å². The Morgan fingerprint density at radius 3 is 2.82 bits per heavy atom. The molecule has 2 N–H and O–H groups in total. The second-order valence-corrected chi connectivity index (χ2v) is 4.63. The molecule has 1 atom stereocenters. The largest absolute Gasteiger partial charge is 0.396 e. The van der Waals surface area contributed by atoms with E-state index in [0.29, 0.717) is 17.0 Å². The molecule has 0 saturated heterocycles. The summed E-state index contributed by atoms with van der Waals surface area (Å²) in [6.45, 7) is 2.00. The molecule has 0 heterocycles. The van der Waals surface area contributed by atoms with Gasteiger partial charge in [-0.3, -0.25) is 4.79 Å². The number of halogens is 2. The highest BCUT2D eigenvalue weighted by atomic mass is 35.5. The first-order chi connectivity index (χ1) is 8.06. The van der Waals surface area contributed by atoms with Crippen molar-refractivity contribution in [3.8, 4) is 0 Å². The lowest BCUT2D eigenvalue weighted by atomic mass is 10.1. The van der Waals surface area contributed by atoms with E-state index in [1.807, 2.05) is 6.92 Å². The average molecular weight is 276 g/mol. The number of aliphatic hydroxyl groups is 1. The predicted octanol–water partition coefficient (Wildman–Crippen LogP) is 2.88. The van der Waals surface area contributed by atoms with E-state index in [-0.39, 0.29) is 23.6 Å². The molecule has 1 unspecified atom stereocenters. The van der Waals surface area contributed by atoms with Crippen LogP contribution in [0.15, 0.2) is 18.2 Å². The van der Waals surface area contributed by atoms with Gasteiger partial charge in [0.05, 0.1) is 15.6 Å². The first-order valence-electron chi connectivity index (χ1n) is 5.42. The highest BCUT2D eigenvalue weighted by Crippen LogP contribution is 2.25. The van der Waals surface area contributed by atoms with Gasteiger partial charge in [-0.25, -0.2) is 0 Å². The molecule has 1 aromatic rings. The van der Waals surface area contributed by atoms with Crippen LogP contribution in [0.3, 0.4) is 0 Å². The van der Waals surface area contributed by atoms with Gasteiger partial charge in [0, 0.05) is 12.6 Å². The maximum absolute atomic E-state index is 11.9. The minimum atomic E-state index is -0.247. The number of nitrogens with one attached hydrogen (secondary N) is 1. The minimum Gasteiger partial charge on any atom is -0.396 e. The molecule has 1 aromatic carbocycles. The fourth-order valence-corrected chi connectivity index (χ4v) is 1.84. The Morgan fingerprint density at radius 2 is 2.18 bits per heavy atom. The summed E-state index contributed by atoms with van der Waals surface area (Å²) in [5, 5.41) is 12.1. The third-order valence-electron chi connectivity index (χ3n) is 2.37. The zero-order valence-electron chi connectivity index (χ0n) is 9.54. The van der Waals surface area contributed by atoms with Crippen LogP contribution in [-0.2, 0) is 0 Å². The van der Waals surface area contributed by atoms with Gasteiger partial charge < -0.3 is 10.4 Å². The Morgan fingerprint density at radius 1 is 1.47 bits per heavy atom. The van der Waals surface area contributed by atoms with Crippen LogP contribution < -0.4 is 5.32 Å². The topological polar surface area (TPSA) is 49.3 Å². The average Bonchev–Trinajstić information content (AvgIpc) is 2.29. The summed E-state index contributed by atoms with van der Waals surface area (Å²) >= 11 is 11.8. The molecule has 0 fully saturated rings. The normalized spacial score (nSPS) is 12.2. The van der Waals surface area contributed by atoms with Crippen LogP contribution in [0.5, 0.6) is 0 Å². The van der Waals surface area contributed by atoms with E-state index in [1.165, 1.54) is 0 Å². The van der Waals surface area contributed by atoms with Gasteiger partial charge in [-0.05, 0) is 31.9 Å². The summed E-state index contributed by atoms with van der Waals surface area (Å²) in [5.74, 6) is -0.247. The summed E-state index contributed by atoms with van der Waals surface area (Å²) in [6, 6.07) is 4.93. The predicted molar refractivity (Wildman–Crippen MR) is 69.7 cm³/mol. The molecule has 0 saturated carbocycles. The van der Waals surface area contributed by atoms with Crippen LogP contribution >= 0.6 is 23.2 Å². The van der Waals surface area contributed by atoms with Gasteiger partial charge in [-0.1, -0.05) is 29.3 Å². The molecular weight excluding hydrogens is 261 g/mol. The van der Waals surface area contributed by atoms with Gasteiger partial charge in [0.25, 0.3) is 5.91 Å². The molecular formula is C12H15Cl2NO2. The van der Waals surface area contributed by atoms with Gasteiger partial charge in [0.2, 0.25) is 0 Å². The molecule has 1 amide bonds. The van der Waals surface area contributed by atoms with Crippen LogP contribution in [0.4, 0.5) is 0 Å². The van der Waals surface area contributed by atoms with Crippen molar-refractivity contribution in [3.63, 3.8) is 0 Å². The number of aliphatic hydroxyl groups excluding tert-OH is 1. The molecule has 0 aliphatic rings. The molecule has 0 spiro atoms. The van der Waals surface area contributed by atoms with Crippen LogP contribution in [0.2, 0.25) is 10.0 Å². The van der Waals surface area contributed by atoms with E-state index in [4.69, 9.17) is 28.3 Å². The Balaban J connectivity index is 2.67. The Bertz CT molecular complexity index is 396. The van der Waals surface area contributed by atoms with Gasteiger partial charge >= 0.3 is 0 Å². The first-order valence-corrected chi connectivity index (χ1v) is 6.17. The van der Waals surface area contributed by atoms with E-state index in [9.17, 15) is 4.79 Å². The van der Waals surface area contributed by atoms with Crippen molar-refractivity contribution in [1.29, 1.82) is 0 Å². The summed E-state index contributed by atoms with van der Waals surface area (Å²) in [7, 11) is 0. The molecule has 0 aliphatic heterocycles. The molecule has 0 aromatic heterocycles. The fraction of sp³-hybridized carbons (Fsp3) is 0.417. The van der Waals surface area contributed by atoms with Crippen molar-refractivity contribution in [2.45, 2.75) is 25.8 Å². The lowest BCUT2D eigenvalue weighted by Crippen LogP contribution is -2.32. The fourth-order valence-electron chi connectivity index (χ4n) is 1.45. The van der Waals surface area contributed by atoms with Crippen molar-refractivity contribution < 1.29 is 9.90 Å². The van der Waals surface area contributed by atoms with E-state index in [2.05, 4.69) is 5.32 Å². The van der Waals surface area contributed by atoms with Gasteiger partial charge in [-0.15, -0.1) is 0 Å². The van der Waals surface area contributed by atoms with Crippen LogP contribution in [-0.4, -0.2) is 23.7 Å². The van der Waals surface area contributed by atoms with Crippen LogP contribution in [0.1, 0.15) is 30.1 Å².